The Labute approximate surface area is 217 Å². The van der Waals surface area contributed by atoms with E-state index in [1.54, 1.807) is 7.11 Å². The molecule has 196 valence electrons. The van der Waals surface area contributed by atoms with Crippen molar-refractivity contribution >= 4 is 17.3 Å². The van der Waals surface area contributed by atoms with Crippen molar-refractivity contribution in [2.75, 3.05) is 50.6 Å². The molecule has 36 heavy (non-hydrogen) atoms. The second-order valence-corrected chi connectivity index (χ2v) is 10.8. The number of fused-ring (bicyclic) bond motifs is 3. The van der Waals surface area contributed by atoms with Gasteiger partial charge in [-0.05, 0) is 61.9 Å². The quantitative estimate of drug-likeness (QED) is 0.546. The number of methoxy groups -OCH3 is 1. The fraction of sp³-hybridized carbons (Fsp3) is 0.567. The number of para-hydroxylation sites is 3. The van der Waals surface area contributed by atoms with Gasteiger partial charge in [0.2, 0.25) is 5.91 Å². The fourth-order valence-electron chi connectivity index (χ4n) is 5.70. The van der Waals surface area contributed by atoms with Crippen LogP contribution in [0.5, 0.6) is 5.75 Å². The maximum absolute atomic E-state index is 13.7. The Hall–Kier alpha value is -2.73. The molecule has 6 nitrogen and oxygen atoms in total. The number of benzene rings is 2. The molecule has 4 rings (SSSR count). The first-order valence-corrected chi connectivity index (χ1v) is 13.7. The van der Waals surface area contributed by atoms with Gasteiger partial charge in [-0.1, -0.05) is 44.2 Å². The number of amides is 1. The molecule has 2 heterocycles. The van der Waals surface area contributed by atoms with Crippen LogP contribution in [0.4, 0.5) is 11.4 Å². The molecule has 0 spiro atoms. The van der Waals surface area contributed by atoms with E-state index in [1.807, 2.05) is 31.3 Å². The third-order valence-electron chi connectivity index (χ3n) is 7.85. The number of ether oxygens (including phenoxy) is 1. The minimum atomic E-state index is 0.220. The second-order valence-electron chi connectivity index (χ2n) is 10.8. The predicted octanol–water partition coefficient (Wildman–Crippen LogP) is 5.25. The minimum absolute atomic E-state index is 0.220. The summed E-state index contributed by atoms with van der Waals surface area (Å²) in [5.74, 6) is 1.74. The molecule has 0 unspecified atom stereocenters. The second kappa shape index (κ2) is 12.5. The van der Waals surface area contributed by atoms with Gasteiger partial charge in [0.1, 0.15) is 5.75 Å². The van der Waals surface area contributed by atoms with Crippen molar-refractivity contribution in [2.24, 2.45) is 5.92 Å². The molecule has 2 aliphatic rings. The van der Waals surface area contributed by atoms with E-state index in [0.717, 1.165) is 43.2 Å². The highest BCUT2D eigenvalue weighted by Crippen LogP contribution is 2.31. The summed E-state index contributed by atoms with van der Waals surface area (Å²) in [4.78, 5) is 20.7. The number of nitrogens with one attached hydrogen (secondary N) is 1. The molecule has 0 saturated carbocycles. The molecular formula is C30H44N4O2. The van der Waals surface area contributed by atoms with Crippen LogP contribution in [0.25, 0.3) is 0 Å². The summed E-state index contributed by atoms with van der Waals surface area (Å²) in [6.07, 6.45) is 5.24. The zero-order valence-corrected chi connectivity index (χ0v) is 22.6. The van der Waals surface area contributed by atoms with Crippen LogP contribution in [-0.4, -0.2) is 68.1 Å². The Morgan fingerprint density at radius 2 is 1.83 bits per heavy atom. The molecule has 2 aromatic carbocycles. The Balaban J connectivity index is 1.51. The van der Waals surface area contributed by atoms with E-state index in [1.165, 1.54) is 24.8 Å². The van der Waals surface area contributed by atoms with Crippen LogP contribution in [0.3, 0.4) is 0 Å². The molecule has 0 aliphatic carbocycles. The zero-order valence-electron chi connectivity index (χ0n) is 22.6. The number of anilines is 2. The molecule has 0 aromatic heterocycles. The van der Waals surface area contributed by atoms with E-state index in [2.05, 4.69) is 58.1 Å². The molecule has 2 bridgehead atoms. The van der Waals surface area contributed by atoms with Crippen molar-refractivity contribution in [1.82, 2.24) is 9.80 Å². The van der Waals surface area contributed by atoms with Crippen LogP contribution in [0.1, 0.15) is 51.5 Å². The summed E-state index contributed by atoms with van der Waals surface area (Å²) < 4.78 is 5.53. The average Bonchev–Trinajstić information content (AvgIpc) is 3.25. The molecule has 2 aliphatic heterocycles. The summed E-state index contributed by atoms with van der Waals surface area (Å²) >= 11 is 0. The largest absolute Gasteiger partial charge is 0.495 e. The van der Waals surface area contributed by atoms with Crippen molar-refractivity contribution in [3.8, 4) is 5.75 Å². The van der Waals surface area contributed by atoms with Crippen LogP contribution in [0, 0.1) is 5.92 Å². The Morgan fingerprint density at radius 1 is 1.08 bits per heavy atom. The van der Waals surface area contributed by atoms with Crippen LogP contribution >= 0.6 is 0 Å². The van der Waals surface area contributed by atoms with Crippen molar-refractivity contribution < 1.29 is 9.53 Å². The first-order chi connectivity index (χ1) is 17.5. The van der Waals surface area contributed by atoms with Crippen molar-refractivity contribution in [2.45, 2.75) is 64.6 Å². The highest BCUT2D eigenvalue weighted by atomic mass is 16.5. The SMILES string of the molecule is COc1ccccc1N(C)CCC(=O)N1Cc2ccccc2NCC[C@H]2CC[C@@H](C1)N2CCC(C)C. The van der Waals surface area contributed by atoms with E-state index in [0.29, 0.717) is 37.5 Å². The average molecular weight is 493 g/mol. The third-order valence-corrected chi connectivity index (χ3v) is 7.85. The molecule has 1 amide bonds. The third kappa shape index (κ3) is 6.52. The maximum atomic E-state index is 13.7. The van der Waals surface area contributed by atoms with Crippen molar-refractivity contribution in [1.29, 1.82) is 0 Å². The number of carbonyl (C=O) groups excluding carboxylic acids is 1. The normalized spacial score (nSPS) is 20.4. The number of nitrogens with zero attached hydrogens (tertiary/aromatic N) is 3. The summed E-state index contributed by atoms with van der Waals surface area (Å²) in [6, 6.07) is 17.5. The van der Waals surface area contributed by atoms with Crippen molar-refractivity contribution in [3.63, 3.8) is 0 Å². The van der Waals surface area contributed by atoms with E-state index >= 15 is 0 Å². The van der Waals surface area contributed by atoms with E-state index < -0.39 is 0 Å². The summed E-state index contributed by atoms with van der Waals surface area (Å²) in [5, 5.41) is 3.69. The lowest BCUT2D eigenvalue weighted by Gasteiger charge is -2.34. The monoisotopic (exact) mass is 492 g/mol. The molecule has 2 aromatic rings. The fourth-order valence-corrected chi connectivity index (χ4v) is 5.70. The molecule has 1 N–H and O–H groups in total. The van der Waals surface area contributed by atoms with E-state index in [4.69, 9.17) is 4.74 Å². The number of hydrogen-bond donors (Lipinski definition) is 1. The van der Waals surface area contributed by atoms with Gasteiger partial charge in [-0.2, -0.15) is 0 Å². The number of hydrogen-bond acceptors (Lipinski definition) is 5. The van der Waals surface area contributed by atoms with Crippen LogP contribution in [-0.2, 0) is 11.3 Å². The van der Waals surface area contributed by atoms with Gasteiger partial charge < -0.3 is 19.9 Å². The summed E-state index contributed by atoms with van der Waals surface area (Å²) in [7, 11) is 3.73. The first-order valence-electron chi connectivity index (χ1n) is 13.7. The molecule has 0 radical (unpaired) electrons. The summed E-state index contributed by atoms with van der Waals surface area (Å²) in [6.45, 7) is 8.82. The van der Waals surface area contributed by atoms with Crippen molar-refractivity contribution in [3.05, 3.63) is 54.1 Å². The van der Waals surface area contributed by atoms with Gasteiger partial charge in [0.25, 0.3) is 0 Å². The highest BCUT2D eigenvalue weighted by molar-refractivity contribution is 5.77. The van der Waals surface area contributed by atoms with Gasteiger partial charge in [0.15, 0.2) is 0 Å². The van der Waals surface area contributed by atoms with Crippen LogP contribution in [0.2, 0.25) is 0 Å². The lowest BCUT2D eigenvalue weighted by Crippen LogP contribution is -2.46. The maximum Gasteiger partial charge on any atom is 0.224 e. The lowest BCUT2D eigenvalue weighted by molar-refractivity contribution is -0.132. The van der Waals surface area contributed by atoms with Gasteiger partial charge in [-0.15, -0.1) is 0 Å². The van der Waals surface area contributed by atoms with Gasteiger partial charge in [-0.3, -0.25) is 9.69 Å². The van der Waals surface area contributed by atoms with Gasteiger partial charge >= 0.3 is 0 Å². The molecule has 6 heteroatoms. The molecule has 2 atom stereocenters. The van der Waals surface area contributed by atoms with E-state index in [9.17, 15) is 4.79 Å². The first kappa shape index (κ1) is 26.3. The van der Waals surface area contributed by atoms with Crippen LogP contribution < -0.4 is 15.0 Å². The molecular weight excluding hydrogens is 448 g/mol. The van der Waals surface area contributed by atoms with Gasteiger partial charge in [0, 0.05) is 57.4 Å². The Morgan fingerprint density at radius 3 is 2.64 bits per heavy atom. The highest BCUT2D eigenvalue weighted by Gasteiger charge is 2.35. The standard InChI is InChI=1S/C30H44N4O2/c1-23(2)16-20-34-25-13-14-26(34)22-33(21-24-9-5-6-10-27(24)31-18-15-25)30(35)17-19-32(3)28-11-7-8-12-29(28)36-4/h5-12,23,25-26,31H,13-22H2,1-4H3/t25-,26+/m1/s1. The van der Waals surface area contributed by atoms with Gasteiger partial charge in [-0.25, -0.2) is 0 Å². The molecule has 1 fully saturated rings. The topological polar surface area (TPSA) is 48.1 Å². The Bertz CT molecular complexity index is 994. The lowest BCUT2D eigenvalue weighted by atomic mass is 10.1. The zero-order chi connectivity index (χ0) is 25.5. The predicted molar refractivity (Wildman–Crippen MR) is 149 cm³/mol. The number of rotatable bonds is 8. The summed E-state index contributed by atoms with van der Waals surface area (Å²) in [5.41, 5.74) is 3.38. The Kier molecular flexibility index (Phi) is 9.13. The molecule has 1 saturated heterocycles. The smallest absolute Gasteiger partial charge is 0.224 e. The van der Waals surface area contributed by atoms with Crippen LogP contribution in [0.15, 0.2) is 48.5 Å². The number of carbonyl (C=O) groups is 1. The van der Waals surface area contributed by atoms with Gasteiger partial charge in [0.05, 0.1) is 12.8 Å². The minimum Gasteiger partial charge on any atom is -0.495 e. The van der Waals surface area contributed by atoms with E-state index in [-0.39, 0.29) is 5.91 Å².